The molecule has 3 amide bonds. The molecule has 3 atom stereocenters. The molecule has 0 aliphatic rings. The predicted molar refractivity (Wildman–Crippen MR) is 111 cm³/mol. The lowest BCUT2D eigenvalue weighted by Crippen LogP contribution is -2.56. The van der Waals surface area contributed by atoms with Crippen LogP contribution in [0.4, 0.5) is 5.69 Å². The van der Waals surface area contributed by atoms with Gasteiger partial charge in [0.1, 0.15) is 12.1 Å². The number of ether oxygens (including phenoxy) is 1. The summed E-state index contributed by atoms with van der Waals surface area (Å²) in [6, 6.07) is 2.96. The molecule has 0 unspecified atom stereocenters. The second-order valence-corrected chi connectivity index (χ2v) is 7.28. The largest absolute Gasteiger partial charge is 0.466 e. The molecule has 11 nitrogen and oxygen atoms in total. The van der Waals surface area contributed by atoms with E-state index in [1.807, 2.05) is 0 Å². The van der Waals surface area contributed by atoms with Crippen molar-refractivity contribution in [2.75, 3.05) is 6.61 Å². The van der Waals surface area contributed by atoms with Gasteiger partial charge in [0.15, 0.2) is 0 Å². The maximum Gasteiger partial charge on any atom is 0.306 e. The number of non-ortho nitro benzene ring substituents is 1. The van der Waals surface area contributed by atoms with E-state index in [1.165, 1.54) is 31.2 Å². The van der Waals surface area contributed by atoms with E-state index in [1.54, 1.807) is 20.8 Å². The highest BCUT2D eigenvalue weighted by molar-refractivity contribution is 5.92. The fraction of sp³-hybridized carbons (Fsp3) is 0.500. The first-order chi connectivity index (χ1) is 14.5. The molecule has 0 radical (unpaired) electrons. The van der Waals surface area contributed by atoms with Crippen molar-refractivity contribution in [1.29, 1.82) is 0 Å². The monoisotopic (exact) mass is 436 g/mol. The Bertz CT molecular complexity index is 823. The van der Waals surface area contributed by atoms with Crippen LogP contribution in [0.5, 0.6) is 0 Å². The Kier molecular flexibility index (Phi) is 9.58. The SMILES string of the molecule is CCOC(=O)C[C@H](c1ccc([N+](=O)[O-])cc1)[C@H](NC(=O)[C@H](NC(C)=O)C(C)C)C(N)=O. The van der Waals surface area contributed by atoms with E-state index in [0.717, 1.165) is 0 Å². The second-order valence-electron chi connectivity index (χ2n) is 7.28. The Morgan fingerprint density at radius 1 is 1.10 bits per heavy atom. The first kappa shape index (κ1) is 25.5. The number of esters is 1. The van der Waals surface area contributed by atoms with Crippen LogP contribution in [0.25, 0.3) is 0 Å². The summed E-state index contributed by atoms with van der Waals surface area (Å²) in [4.78, 5) is 59.0. The summed E-state index contributed by atoms with van der Waals surface area (Å²) < 4.78 is 4.96. The summed E-state index contributed by atoms with van der Waals surface area (Å²) in [5, 5.41) is 16.0. The Hall–Kier alpha value is -3.50. The minimum atomic E-state index is -1.33. The van der Waals surface area contributed by atoms with Crippen molar-refractivity contribution in [3.8, 4) is 0 Å². The molecule has 0 heterocycles. The highest BCUT2D eigenvalue weighted by Crippen LogP contribution is 2.27. The Morgan fingerprint density at radius 2 is 1.68 bits per heavy atom. The van der Waals surface area contributed by atoms with E-state index in [-0.39, 0.29) is 24.6 Å². The number of hydrogen-bond acceptors (Lipinski definition) is 7. The van der Waals surface area contributed by atoms with Crippen molar-refractivity contribution in [3.05, 3.63) is 39.9 Å². The maximum atomic E-state index is 12.8. The van der Waals surface area contributed by atoms with E-state index < -0.39 is 46.6 Å². The lowest BCUT2D eigenvalue weighted by atomic mass is 9.87. The molecule has 1 aromatic carbocycles. The third-order valence-corrected chi connectivity index (χ3v) is 4.54. The van der Waals surface area contributed by atoms with Gasteiger partial charge < -0.3 is 21.1 Å². The molecule has 0 bridgehead atoms. The van der Waals surface area contributed by atoms with Gasteiger partial charge in [-0.25, -0.2) is 0 Å². The molecule has 0 aromatic heterocycles. The molecule has 0 aliphatic heterocycles. The molecular weight excluding hydrogens is 408 g/mol. The average Bonchev–Trinajstić information content (AvgIpc) is 2.68. The fourth-order valence-corrected chi connectivity index (χ4v) is 3.04. The summed E-state index contributed by atoms with van der Waals surface area (Å²) in [6.07, 6.45) is -0.300. The van der Waals surface area contributed by atoms with Crippen molar-refractivity contribution in [3.63, 3.8) is 0 Å². The van der Waals surface area contributed by atoms with Gasteiger partial charge in [-0.3, -0.25) is 29.3 Å². The Morgan fingerprint density at radius 3 is 2.10 bits per heavy atom. The molecule has 1 rings (SSSR count). The Balaban J connectivity index is 3.29. The lowest BCUT2D eigenvalue weighted by molar-refractivity contribution is -0.384. The summed E-state index contributed by atoms with van der Waals surface area (Å²) in [5.41, 5.74) is 5.73. The zero-order valence-electron chi connectivity index (χ0n) is 17.9. The topological polar surface area (TPSA) is 171 Å². The molecule has 0 saturated heterocycles. The van der Waals surface area contributed by atoms with Crippen LogP contribution in [0.1, 0.15) is 45.6 Å². The van der Waals surface area contributed by atoms with Crippen LogP contribution in [-0.4, -0.2) is 47.3 Å². The van der Waals surface area contributed by atoms with Crippen LogP contribution in [0.2, 0.25) is 0 Å². The molecule has 1 aromatic rings. The van der Waals surface area contributed by atoms with Crippen LogP contribution in [0.15, 0.2) is 24.3 Å². The smallest absolute Gasteiger partial charge is 0.306 e. The van der Waals surface area contributed by atoms with Gasteiger partial charge in [0, 0.05) is 25.0 Å². The molecule has 31 heavy (non-hydrogen) atoms. The van der Waals surface area contributed by atoms with Crippen molar-refractivity contribution in [2.45, 2.75) is 52.1 Å². The number of nitro groups is 1. The molecule has 0 fully saturated rings. The number of benzene rings is 1. The van der Waals surface area contributed by atoms with Crippen LogP contribution in [0, 0.1) is 16.0 Å². The predicted octanol–water partition coefficient (Wildman–Crippen LogP) is 0.762. The van der Waals surface area contributed by atoms with E-state index in [9.17, 15) is 29.3 Å². The van der Waals surface area contributed by atoms with Crippen molar-refractivity contribution < 1.29 is 28.8 Å². The number of nitrogens with one attached hydrogen (secondary N) is 2. The maximum absolute atomic E-state index is 12.8. The quantitative estimate of drug-likeness (QED) is 0.261. The van der Waals surface area contributed by atoms with Crippen molar-refractivity contribution >= 4 is 29.4 Å². The summed E-state index contributed by atoms with van der Waals surface area (Å²) in [5.74, 6) is -3.85. The number of hydrogen-bond donors (Lipinski definition) is 3. The standard InChI is InChI=1S/C20H28N4O7/c1-5-31-16(26)10-15(13-6-8-14(9-7-13)24(29)30)18(19(21)27)23-20(28)17(11(2)3)22-12(4)25/h6-9,11,15,17-18H,5,10H2,1-4H3,(H2,21,27)(H,22,25)(H,23,28)/t15-,17-,18+/m1/s1. The minimum Gasteiger partial charge on any atom is -0.466 e. The number of nitrogens with zero attached hydrogens (tertiary/aromatic N) is 1. The zero-order chi connectivity index (χ0) is 23.7. The normalized spacial score (nSPS) is 13.6. The number of nitrogens with two attached hydrogens (primary N) is 1. The number of nitro benzene ring substituents is 1. The van der Waals surface area contributed by atoms with Gasteiger partial charge in [-0.2, -0.15) is 0 Å². The van der Waals surface area contributed by atoms with Gasteiger partial charge in [0.2, 0.25) is 17.7 Å². The number of amides is 3. The molecule has 170 valence electrons. The molecule has 0 aliphatic carbocycles. The minimum absolute atomic E-state index is 0.108. The van der Waals surface area contributed by atoms with Crippen LogP contribution in [0.3, 0.4) is 0 Å². The molecule has 0 saturated carbocycles. The van der Waals surface area contributed by atoms with E-state index in [0.29, 0.717) is 5.56 Å². The highest BCUT2D eigenvalue weighted by atomic mass is 16.6. The van der Waals surface area contributed by atoms with Crippen molar-refractivity contribution in [1.82, 2.24) is 10.6 Å². The summed E-state index contributed by atoms with van der Waals surface area (Å²) in [7, 11) is 0. The Labute approximate surface area is 179 Å². The van der Waals surface area contributed by atoms with Gasteiger partial charge in [0.25, 0.3) is 5.69 Å². The number of primary amides is 1. The van der Waals surface area contributed by atoms with Crippen LogP contribution in [-0.2, 0) is 23.9 Å². The zero-order valence-corrected chi connectivity index (χ0v) is 17.9. The second kappa shape index (κ2) is 11.6. The van der Waals surface area contributed by atoms with Gasteiger partial charge in [-0.05, 0) is 18.4 Å². The lowest BCUT2D eigenvalue weighted by Gasteiger charge is -2.28. The molecule has 4 N–H and O–H groups in total. The van der Waals surface area contributed by atoms with E-state index in [2.05, 4.69) is 10.6 Å². The van der Waals surface area contributed by atoms with Crippen LogP contribution >= 0.6 is 0 Å². The number of carbonyl (C=O) groups excluding carboxylic acids is 4. The fourth-order valence-electron chi connectivity index (χ4n) is 3.04. The average molecular weight is 436 g/mol. The first-order valence-corrected chi connectivity index (χ1v) is 9.74. The summed E-state index contributed by atoms with van der Waals surface area (Å²) >= 11 is 0. The number of rotatable bonds is 11. The number of carbonyl (C=O) groups is 4. The third kappa shape index (κ3) is 7.68. The molecule has 11 heteroatoms. The van der Waals surface area contributed by atoms with Gasteiger partial charge in [0.05, 0.1) is 18.0 Å². The van der Waals surface area contributed by atoms with Gasteiger partial charge in [-0.15, -0.1) is 0 Å². The summed E-state index contributed by atoms with van der Waals surface area (Å²) in [6.45, 7) is 6.41. The third-order valence-electron chi connectivity index (χ3n) is 4.54. The molecular formula is C20H28N4O7. The molecule has 0 spiro atoms. The van der Waals surface area contributed by atoms with Gasteiger partial charge >= 0.3 is 5.97 Å². The van der Waals surface area contributed by atoms with E-state index in [4.69, 9.17) is 10.5 Å². The van der Waals surface area contributed by atoms with Gasteiger partial charge in [-0.1, -0.05) is 26.0 Å². The van der Waals surface area contributed by atoms with Crippen molar-refractivity contribution in [2.24, 2.45) is 11.7 Å². The van der Waals surface area contributed by atoms with Crippen LogP contribution < -0.4 is 16.4 Å². The van der Waals surface area contributed by atoms with E-state index >= 15 is 0 Å². The highest BCUT2D eigenvalue weighted by Gasteiger charge is 2.34. The first-order valence-electron chi connectivity index (χ1n) is 9.74.